The largest absolute Gasteiger partial charge is 0.504 e. The van der Waals surface area contributed by atoms with E-state index < -0.39 is 22.0 Å². The Morgan fingerprint density at radius 2 is 1.64 bits per heavy atom. The van der Waals surface area contributed by atoms with Crippen molar-refractivity contribution in [3.05, 3.63) is 88.5 Å². The summed E-state index contributed by atoms with van der Waals surface area (Å²) in [6, 6.07) is 14.3. The van der Waals surface area contributed by atoms with E-state index in [4.69, 9.17) is 25.8 Å². The van der Waals surface area contributed by atoms with E-state index in [1.807, 2.05) is 4.72 Å². The Hall–Kier alpha value is -4.75. The van der Waals surface area contributed by atoms with Crippen LogP contribution in [0.3, 0.4) is 0 Å². The van der Waals surface area contributed by atoms with E-state index in [1.165, 1.54) is 44.6 Å². The van der Waals surface area contributed by atoms with Crippen LogP contribution in [0.25, 0.3) is 6.08 Å². The molecule has 0 spiro atoms. The fourth-order valence-electron chi connectivity index (χ4n) is 5.00. The van der Waals surface area contributed by atoms with Gasteiger partial charge in [0.25, 0.3) is 15.9 Å². The highest BCUT2D eigenvalue weighted by Crippen LogP contribution is 2.27. The number of methoxy groups -OCH3 is 2. The maximum atomic E-state index is 12.8. The first-order valence-corrected chi connectivity index (χ1v) is 16.6. The number of phenols is 1. The molecule has 1 saturated carbocycles. The van der Waals surface area contributed by atoms with E-state index in [1.54, 1.807) is 42.5 Å². The highest BCUT2D eigenvalue weighted by atomic mass is 35.5. The molecule has 14 heteroatoms. The quantitative estimate of drug-likeness (QED) is 0.157. The van der Waals surface area contributed by atoms with Crippen molar-refractivity contribution in [2.75, 3.05) is 20.8 Å². The van der Waals surface area contributed by atoms with E-state index in [0.29, 0.717) is 54.0 Å². The molecule has 0 unspecified atom stereocenters. The zero-order chi connectivity index (χ0) is 34.0. The SMILES string of the molecule is COc1cc(/C=C/C(=O)OC2CCC(NC(=O)NS(=O)(=O)c3ccc(CCNC(=O)c4cc(Cl)ccc4OC)cc3)CC2)ccc1O. The van der Waals surface area contributed by atoms with Gasteiger partial charge in [0.15, 0.2) is 11.5 Å². The zero-order valence-corrected chi connectivity index (χ0v) is 27.4. The predicted octanol–water partition coefficient (Wildman–Crippen LogP) is 4.59. The van der Waals surface area contributed by atoms with Gasteiger partial charge in [-0.2, -0.15) is 0 Å². The summed E-state index contributed by atoms with van der Waals surface area (Å²) in [6.45, 7) is 0.287. The van der Waals surface area contributed by atoms with Crippen LogP contribution in [0.1, 0.15) is 47.2 Å². The second-order valence-corrected chi connectivity index (χ2v) is 12.9. The predicted molar refractivity (Wildman–Crippen MR) is 175 cm³/mol. The second-order valence-electron chi connectivity index (χ2n) is 10.7. The molecule has 0 heterocycles. The summed E-state index contributed by atoms with van der Waals surface area (Å²) in [7, 11) is -1.24. The Balaban J connectivity index is 1.18. The number of hydrogen-bond acceptors (Lipinski definition) is 9. The van der Waals surface area contributed by atoms with Crippen LogP contribution >= 0.6 is 11.6 Å². The Bertz CT molecular complexity index is 1720. The number of urea groups is 1. The summed E-state index contributed by atoms with van der Waals surface area (Å²) in [4.78, 5) is 37.3. The van der Waals surface area contributed by atoms with Gasteiger partial charge in [-0.05, 0) is 91.8 Å². The molecule has 0 bridgehead atoms. The number of amides is 3. The highest BCUT2D eigenvalue weighted by Gasteiger charge is 2.26. The molecular formula is C33H36ClN3O9S. The van der Waals surface area contributed by atoms with Crippen LogP contribution in [-0.4, -0.2) is 64.3 Å². The number of hydrogen-bond donors (Lipinski definition) is 4. The normalized spacial score (nSPS) is 16.2. The second kappa shape index (κ2) is 16.2. The molecule has 0 atom stereocenters. The molecule has 4 rings (SSSR count). The summed E-state index contributed by atoms with van der Waals surface area (Å²) >= 11 is 5.99. The topological polar surface area (TPSA) is 169 Å². The van der Waals surface area contributed by atoms with E-state index in [-0.39, 0.29) is 41.0 Å². The molecular weight excluding hydrogens is 650 g/mol. The number of nitrogens with one attached hydrogen (secondary N) is 3. The smallest absolute Gasteiger partial charge is 0.331 e. The lowest BCUT2D eigenvalue weighted by Crippen LogP contribution is -2.46. The molecule has 1 aliphatic rings. The fourth-order valence-corrected chi connectivity index (χ4v) is 6.08. The van der Waals surface area contributed by atoms with Crippen LogP contribution in [0.4, 0.5) is 4.79 Å². The summed E-state index contributed by atoms with van der Waals surface area (Å²) in [5.74, 6) is -0.203. The van der Waals surface area contributed by atoms with Crippen molar-refractivity contribution in [2.45, 2.75) is 49.1 Å². The fraction of sp³-hybridized carbons (Fsp3) is 0.303. The van der Waals surface area contributed by atoms with Gasteiger partial charge in [0.05, 0.1) is 24.7 Å². The Kier molecular flexibility index (Phi) is 12.1. The number of esters is 1. The van der Waals surface area contributed by atoms with Gasteiger partial charge in [0.1, 0.15) is 11.9 Å². The molecule has 1 fully saturated rings. The van der Waals surface area contributed by atoms with Gasteiger partial charge in [0.2, 0.25) is 0 Å². The highest BCUT2D eigenvalue weighted by molar-refractivity contribution is 7.90. The molecule has 0 aromatic heterocycles. The number of aromatic hydroxyl groups is 1. The Morgan fingerprint density at radius 1 is 0.936 bits per heavy atom. The van der Waals surface area contributed by atoms with E-state index in [2.05, 4.69) is 10.6 Å². The molecule has 4 N–H and O–H groups in total. The van der Waals surface area contributed by atoms with Crippen molar-refractivity contribution >= 4 is 45.6 Å². The van der Waals surface area contributed by atoms with Gasteiger partial charge in [-0.15, -0.1) is 0 Å². The van der Waals surface area contributed by atoms with Crippen molar-refractivity contribution in [1.29, 1.82) is 0 Å². The number of rotatable bonds is 12. The van der Waals surface area contributed by atoms with Gasteiger partial charge < -0.3 is 30.0 Å². The molecule has 250 valence electrons. The van der Waals surface area contributed by atoms with Crippen LogP contribution in [-0.2, 0) is 26.0 Å². The molecule has 12 nitrogen and oxygen atoms in total. The average molecular weight is 686 g/mol. The molecule has 0 aliphatic heterocycles. The summed E-state index contributed by atoms with van der Waals surface area (Å²) in [6.07, 6.45) is 4.94. The minimum absolute atomic E-state index is 0.00771. The summed E-state index contributed by atoms with van der Waals surface area (Å²) in [5, 5.41) is 15.6. The first-order valence-electron chi connectivity index (χ1n) is 14.8. The van der Waals surface area contributed by atoms with Crippen LogP contribution in [0.5, 0.6) is 17.2 Å². The van der Waals surface area contributed by atoms with Crippen LogP contribution in [0.15, 0.2) is 71.6 Å². The van der Waals surface area contributed by atoms with Crippen molar-refractivity contribution in [1.82, 2.24) is 15.4 Å². The number of phenolic OH excluding ortho intramolecular Hbond substituents is 1. The molecule has 3 aromatic carbocycles. The lowest BCUT2D eigenvalue weighted by molar-refractivity contribution is -0.144. The molecule has 47 heavy (non-hydrogen) atoms. The van der Waals surface area contributed by atoms with E-state index >= 15 is 0 Å². The van der Waals surface area contributed by atoms with E-state index in [0.717, 1.165) is 5.56 Å². The van der Waals surface area contributed by atoms with Crippen LogP contribution in [0, 0.1) is 0 Å². The number of halogens is 1. The molecule has 1 aliphatic carbocycles. The molecule has 0 radical (unpaired) electrons. The van der Waals surface area contributed by atoms with Gasteiger partial charge in [-0.1, -0.05) is 29.8 Å². The third-order valence-electron chi connectivity index (χ3n) is 7.47. The van der Waals surface area contributed by atoms with Crippen molar-refractivity contribution in [3.8, 4) is 17.2 Å². The van der Waals surface area contributed by atoms with Crippen LogP contribution in [0.2, 0.25) is 5.02 Å². The van der Waals surface area contributed by atoms with Crippen molar-refractivity contribution < 1.29 is 42.1 Å². The molecule has 3 amide bonds. The first kappa shape index (κ1) is 35.1. The number of sulfonamides is 1. The minimum atomic E-state index is -4.13. The average Bonchev–Trinajstić information content (AvgIpc) is 3.05. The number of carbonyl (C=O) groups is 3. The third-order valence-corrected chi connectivity index (χ3v) is 9.06. The maximum absolute atomic E-state index is 12.8. The standard InChI is InChI=1S/C33H36ClN3O9S/c1-44-29-15-7-23(34)20-27(29)32(40)35-18-17-21-3-12-26(13-4-21)47(42,43)37-33(41)36-24-8-10-25(11-9-24)46-31(39)16-6-22-5-14-28(38)30(19-22)45-2/h3-7,12-16,19-20,24-25,38H,8-11,17-18H2,1-2H3,(H,35,40)(H2,36,37,41)/b16-6+. The third kappa shape index (κ3) is 10.1. The van der Waals surface area contributed by atoms with Crippen LogP contribution < -0.4 is 24.8 Å². The van der Waals surface area contributed by atoms with Crippen molar-refractivity contribution in [3.63, 3.8) is 0 Å². The molecule has 3 aromatic rings. The number of carbonyl (C=O) groups excluding carboxylic acids is 3. The van der Waals surface area contributed by atoms with Gasteiger partial charge in [-0.25, -0.2) is 22.7 Å². The monoisotopic (exact) mass is 685 g/mol. The summed E-state index contributed by atoms with van der Waals surface area (Å²) < 4.78 is 43.4. The summed E-state index contributed by atoms with van der Waals surface area (Å²) in [5.41, 5.74) is 1.74. The van der Waals surface area contributed by atoms with E-state index in [9.17, 15) is 27.9 Å². The first-order chi connectivity index (χ1) is 22.5. The van der Waals surface area contributed by atoms with Gasteiger partial charge >= 0.3 is 12.0 Å². The maximum Gasteiger partial charge on any atom is 0.331 e. The van der Waals surface area contributed by atoms with Gasteiger partial charge in [-0.3, -0.25) is 4.79 Å². The Morgan fingerprint density at radius 3 is 2.32 bits per heavy atom. The van der Waals surface area contributed by atoms with Crippen molar-refractivity contribution in [2.24, 2.45) is 0 Å². The molecule has 0 saturated heterocycles. The number of benzene rings is 3. The lowest BCUT2D eigenvalue weighted by Gasteiger charge is -2.28. The van der Waals surface area contributed by atoms with Gasteiger partial charge in [0, 0.05) is 23.7 Å². The number of ether oxygens (including phenoxy) is 3. The zero-order valence-electron chi connectivity index (χ0n) is 25.8. The Labute approximate surface area is 278 Å². The lowest BCUT2D eigenvalue weighted by atomic mass is 9.93. The minimum Gasteiger partial charge on any atom is -0.504 e.